The van der Waals surface area contributed by atoms with Gasteiger partial charge < -0.3 is 23.8 Å². The van der Waals surface area contributed by atoms with Crippen LogP contribution < -0.4 is 9.47 Å². The minimum Gasteiger partial charge on any atom is -0.493 e. The lowest BCUT2D eigenvalue weighted by Gasteiger charge is -2.46. The third-order valence-electron chi connectivity index (χ3n) is 5.92. The SMILES string of the molecule is COc1cc2c(cc1OCc1ccccc1)C1(CCN(C)CC1)OC(OC)C2. The topological polar surface area (TPSA) is 40.2 Å². The summed E-state index contributed by atoms with van der Waals surface area (Å²) in [6.07, 6.45) is 2.39. The molecule has 1 saturated heterocycles. The van der Waals surface area contributed by atoms with Gasteiger partial charge in [0.1, 0.15) is 6.61 Å². The van der Waals surface area contributed by atoms with E-state index in [0.717, 1.165) is 49.4 Å². The zero-order chi connectivity index (χ0) is 19.6. The molecule has 5 nitrogen and oxygen atoms in total. The van der Waals surface area contributed by atoms with Crippen molar-refractivity contribution in [1.82, 2.24) is 4.90 Å². The minimum atomic E-state index is -0.322. The van der Waals surface area contributed by atoms with E-state index in [1.165, 1.54) is 11.1 Å². The Labute approximate surface area is 167 Å². The first-order valence-electron chi connectivity index (χ1n) is 9.91. The molecule has 0 aliphatic carbocycles. The summed E-state index contributed by atoms with van der Waals surface area (Å²) < 4.78 is 23.9. The number of nitrogens with zero attached hydrogens (tertiary/aromatic N) is 1. The molecule has 1 fully saturated rings. The summed E-state index contributed by atoms with van der Waals surface area (Å²) in [6.45, 7) is 2.51. The van der Waals surface area contributed by atoms with Gasteiger partial charge in [0.05, 0.1) is 12.7 Å². The number of fused-ring (bicyclic) bond motifs is 2. The first kappa shape index (κ1) is 19.2. The van der Waals surface area contributed by atoms with Gasteiger partial charge in [0.15, 0.2) is 17.8 Å². The van der Waals surface area contributed by atoms with E-state index >= 15 is 0 Å². The van der Waals surface area contributed by atoms with Gasteiger partial charge in [-0.05, 0) is 48.7 Å². The van der Waals surface area contributed by atoms with Gasteiger partial charge >= 0.3 is 0 Å². The van der Waals surface area contributed by atoms with Crippen LogP contribution in [0.2, 0.25) is 0 Å². The maximum absolute atomic E-state index is 6.48. The van der Waals surface area contributed by atoms with E-state index in [4.69, 9.17) is 18.9 Å². The number of rotatable bonds is 5. The molecule has 0 radical (unpaired) electrons. The Morgan fingerprint density at radius 1 is 1.07 bits per heavy atom. The maximum Gasteiger partial charge on any atom is 0.162 e. The Morgan fingerprint density at radius 3 is 2.50 bits per heavy atom. The molecule has 5 heteroatoms. The van der Waals surface area contributed by atoms with E-state index < -0.39 is 0 Å². The summed E-state index contributed by atoms with van der Waals surface area (Å²) in [4.78, 5) is 2.35. The highest BCUT2D eigenvalue weighted by molar-refractivity contribution is 5.50. The smallest absolute Gasteiger partial charge is 0.162 e. The average molecular weight is 383 g/mol. The van der Waals surface area contributed by atoms with Gasteiger partial charge in [-0.15, -0.1) is 0 Å². The number of methoxy groups -OCH3 is 2. The van der Waals surface area contributed by atoms with Gasteiger partial charge in [0.25, 0.3) is 0 Å². The van der Waals surface area contributed by atoms with E-state index in [9.17, 15) is 0 Å². The lowest BCUT2D eigenvalue weighted by atomic mass is 9.79. The molecule has 0 bridgehead atoms. The third-order valence-corrected chi connectivity index (χ3v) is 5.92. The monoisotopic (exact) mass is 383 g/mol. The molecule has 1 atom stereocenters. The highest BCUT2D eigenvalue weighted by Gasteiger charge is 2.44. The van der Waals surface area contributed by atoms with Crippen LogP contribution in [0.1, 0.15) is 29.5 Å². The zero-order valence-electron chi connectivity index (χ0n) is 16.9. The van der Waals surface area contributed by atoms with Crippen molar-refractivity contribution in [2.45, 2.75) is 37.8 Å². The fraction of sp³-hybridized carbons (Fsp3) is 0.478. The van der Waals surface area contributed by atoms with Crippen LogP contribution in [0.4, 0.5) is 0 Å². The second-order valence-electron chi connectivity index (χ2n) is 7.72. The fourth-order valence-electron chi connectivity index (χ4n) is 4.24. The van der Waals surface area contributed by atoms with E-state index in [-0.39, 0.29) is 11.9 Å². The molecular weight excluding hydrogens is 354 g/mol. The van der Waals surface area contributed by atoms with Gasteiger partial charge in [-0.1, -0.05) is 30.3 Å². The van der Waals surface area contributed by atoms with E-state index in [0.29, 0.717) is 6.61 Å². The first-order chi connectivity index (χ1) is 13.6. The molecule has 4 rings (SSSR count). The standard InChI is InChI=1S/C23H29NO4/c1-24-11-9-23(10-12-24)19-15-21(27-16-17-7-5-4-6-8-17)20(25-2)13-18(19)14-22(26-3)28-23/h4-8,13,15,22H,9-12,14,16H2,1-3H3. The molecule has 0 N–H and O–H groups in total. The second-order valence-corrected chi connectivity index (χ2v) is 7.72. The molecule has 28 heavy (non-hydrogen) atoms. The summed E-state index contributed by atoms with van der Waals surface area (Å²) in [5.74, 6) is 1.53. The zero-order valence-corrected chi connectivity index (χ0v) is 16.9. The second kappa shape index (κ2) is 8.11. The van der Waals surface area contributed by atoms with Crippen molar-refractivity contribution in [2.75, 3.05) is 34.4 Å². The number of benzene rings is 2. The molecular formula is C23H29NO4. The van der Waals surface area contributed by atoms with Crippen molar-refractivity contribution < 1.29 is 18.9 Å². The summed E-state index contributed by atoms with van der Waals surface area (Å²) in [5.41, 5.74) is 3.26. The number of ether oxygens (including phenoxy) is 4. The summed E-state index contributed by atoms with van der Waals surface area (Å²) in [5, 5.41) is 0. The molecule has 0 saturated carbocycles. The first-order valence-corrected chi connectivity index (χ1v) is 9.91. The number of hydrogen-bond donors (Lipinski definition) is 0. The van der Waals surface area contributed by atoms with Crippen molar-refractivity contribution in [2.24, 2.45) is 0 Å². The predicted octanol–water partition coefficient (Wildman–Crippen LogP) is 3.74. The Hall–Kier alpha value is -2.08. The van der Waals surface area contributed by atoms with Crippen molar-refractivity contribution >= 4 is 0 Å². The van der Waals surface area contributed by atoms with E-state index in [2.05, 4.69) is 36.2 Å². The molecule has 2 heterocycles. The van der Waals surface area contributed by atoms with E-state index in [1.54, 1.807) is 14.2 Å². The molecule has 1 unspecified atom stereocenters. The molecule has 150 valence electrons. The Bertz CT molecular complexity index is 800. The molecule has 0 aromatic heterocycles. The highest BCUT2D eigenvalue weighted by Crippen LogP contribution is 2.46. The largest absolute Gasteiger partial charge is 0.493 e. The molecule has 1 spiro atoms. The van der Waals surface area contributed by atoms with Gasteiger partial charge in [0, 0.05) is 26.6 Å². The normalized spacial score (nSPS) is 21.3. The van der Waals surface area contributed by atoms with Crippen molar-refractivity contribution in [3.8, 4) is 11.5 Å². The van der Waals surface area contributed by atoms with Gasteiger partial charge in [-0.3, -0.25) is 0 Å². The van der Waals surface area contributed by atoms with Crippen LogP contribution in [0, 0.1) is 0 Å². The Kier molecular flexibility index (Phi) is 5.58. The summed E-state index contributed by atoms with van der Waals surface area (Å²) >= 11 is 0. The molecule has 2 aliphatic rings. The van der Waals surface area contributed by atoms with Gasteiger partial charge in [-0.2, -0.15) is 0 Å². The molecule has 2 aromatic rings. The summed E-state index contributed by atoms with van der Waals surface area (Å²) in [6, 6.07) is 14.4. The van der Waals surface area contributed by atoms with Crippen LogP contribution in [0.15, 0.2) is 42.5 Å². The molecule has 2 aliphatic heterocycles. The minimum absolute atomic E-state index is 0.225. The predicted molar refractivity (Wildman–Crippen MR) is 108 cm³/mol. The number of likely N-dealkylation sites (tertiary alicyclic amines) is 1. The number of hydrogen-bond acceptors (Lipinski definition) is 5. The average Bonchev–Trinajstić information content (AvgIpc) is 2.74. The highest BCUT2D eigenvalue weighted by atomic mass is 16.7. The van der Waals surface area contributed by atoms with Crippen LogP contribution in [0.5, 0.6) is 11.5 Å². The van der Waals surface area contributed by atoms with Crippen LogP contribution >= 0.6 is 0 Å². The van der Waals surface area contributed by atoms with Crippen molar-refractivity contribution in [3.63, 3.8) is 0 Å². The van der Waals surface area contributed by atoms with Crippen LogP contribution in [-0.2, 0) is 28.1 Å². The molecule has 2 aromatic carbocycles. The van der Waals surface area contributed by atoms with Crippen LogP contribution in [-0.4, -0.2) is 45.5 Å². The quantitative estimate of drug-likeness (QED) is 0.787. The number of piperidine rings is 1. The third kappa shape index (κ3) is 3.75. The van der Waals surface area contributed by atoms with Crippen LogP contribution in [0.25, 0.3) is 0 Å². The molecule has 0 amide bonds. The lowest BCUT2D eigenvalue weighted by Crippen LogP contribution is -2.48. The lowest BCUT2D eigenvalue weighted by molar-refractivity contribution is -0.226. The Balaban J connectivity index is 1.68. The fourth-order valence-corrected chi connectivity index (χ4v) is 4.24. The van der Waals surface area contributed by atoms with Crippen LogP contribution in [0.3, 0.4) is 0 Å². The van der Waals surface area contributed by atoms with Crippen molar-refractivity contribution in [1.29, 1.82) is 0 Å². The van der Waals surface area contributed by atoms with E-state index in [1.807, 2.05) is 18.2 Å². The Morgan fingerprint density at radius 2 is 1.82 bits per heavy atom. The maximum atomic E-state index is 6.48. The van der Waals surface area contributed by atoms with Crippen molar-refractivity contribution in [3.05, 3.63) is 59.2 Å². The van der Waals surface area contributed by atoms with Gasteiger partial charge in [0.2, 0.25) is 0 Å². The summed E-state index contributed by atoms with van der Waals surface area (Å²) in [7, 11) is 5.56. The van der Waals surface area contributed by atoms with Gasteiger partial charge in [-0.25, -0.2) is 0 Å².